The third-order valence-electron chi connectivity index (χ3n) is 3.50. The molecule has 24 heavy (non-hydrogen) atoms. The molecular formula is C15H15ClN4O2S2. The van der Waals surface area contributed by atoms with Crippen LogP contribution in [-0.2, 0) is 9.59 Å². The Morgan fingerprint density at radius 3 is 2.83 bits per heavy atom. The largest absolute Gasteiger partial charge is 0.329 e. The van der Waals surface area contributed by atoms with E-state index < -0.39 is 0 Å². The molecule has 1 aliphatic rings. The molecule has 1 aromatic heterocycles. The summed E-state index contributed by atoms with van der Waals surface area (Å²) in [6, 6.07) is 3.92. The lowest BCUT2D eigenvalue weighted by Gasteiger charge is -2.18. The van der Waals surface area contributed by atoms with Gasteiger partial charge in [0.25, 0.3) is 0 Å². The van der Waals surface area contributed by atoms with E-state index in [2.05, 4.69) is 20.8 Å². The third kappa shape index (κ3) is 3.88. The number of aryl methyl sites for hydroxylation is 2. The smallest absolute Gasteiger partial charge is 0.240 e. The molecule has 0 spiro atoms. The van der Waals surface area contributed by atoms with Gasteiger partial charge in [0, 0.05) is 6.42 Å². The standard InChI is InChI=1S/C15H15ClN4O2S2/c1-7-5-8(2)12(9(16)6-7)18-14-19-20-15(24-14)23-10-3-4-11(21)17-13(10)22/h5-6,10H,3-4H2,1-2H3,(H,18,19)(H,17,21,22). The first kappa shape index (κ1) is 17.2. The molecule has 0 saturated carbocycles. The number of rotatable bonds is 4. The summed E-state index contributed by atoms with van der Waals surface area (Å²) in [5.41, 5.74) is 2.92. The van der Waals surface area contributed by atoms with Gasteiger partial charge in [0.05, 0.1) is 16.0 Å². The number of imide groups is 1. The number of carbonyl (C=O) groups is 2. The molecule has 1 fully saturated rings. The number of halogens is 1. The molecule has 2 N–H and O–H groups in total. The van der Waals surface area contributed by atoms with E-state index in [1.165, 1.54) is 23.1 Å². The molecule has 1 aliphatic heterocycles. The molecule has 0 aliphatic carbocycles. The Kier molecular flexibility index (Phi) is 5.07. The molecular weight excluding hydrogens is 368 g/mol. The number of carbonyl (C=O) groups excluding carboxylic acids is 2. The Morgan fingerprint density at radius 1 is 1.33 bits per heavy atom. The Balaban J connectivity index is 1.70. The van der Waals surface area contributed by atoms with Gasteiger partial charge >= 0.3 is 0 Å². The summed E-state index contributed by atoms with van der Waals surface area (Å²) in [6.07, 6.45) is 0.867. The predicted octanol–water partition coefficient (Wildman–Crippen LogP) is 3.45. The van der Waals surface area contributed by atoms with E-state index in [4.69, 9.17) is 11.6 Å². The van der Waals surface area contributed by atoms with Gasteiger partial charge in [-0.1, -0.05) is 40.8 Å². The number of nitrogens with zero attached hydrogens (tertiary/aromatic N) is 2. The molecule has 9 heteroatoms. The molecule has 6 nitrogen and oxygen atoms in total. The van der Waals surface area contributed by atoms with Crippen molar-refractivity contribution in [3.63, 3.8) is 0 Å². The third-order valence-corrected chi connectivity index (χ3v) is 5.99. The van der Waals surface area contributed by atoms with E-state index in [0.29, 0.717) is 27.3 Å². The highest BCUT2D eigenvalue weighted by Crippen LogP contribution is 2.35. The summed E-state index contributed by atoms with van der Waals surface area (Å²) in [7, 11) is 0. The number of thioether (sulfide) groups is 1. The number of hydrogen-bond donors (Lipinski definition) is 2. The second kappa shape index (κ2) is 7.08. The molecule has 1 unspecified atom stereocenters. The summed E-state index contributed by atoms with van der Waals surface area (Å²) < 4.78 is 0.674. The van der Waals surface area contributed by atoms with Gasteiger partial charge in [0.1, 0.15) is 0 Å². The van der Waals surface area contributed by atoms with Gasteiger partial charge in [-0.2, -0.15) is 0 Å². The fourth-order valence-electron chi connectivity index (χ4n) is 2.40. The van der Waals surface area contributed by atoms with Crippen molar-refractivity contribution in [3.8, 4) is 0 Å². The average Bonchev–Trinajstić information content (AvgIpc) is 2.93. The summed E-state index contributed by atoms with van der Waals surface area (Å²) >= 11 is 8.96. The van der Waals surface area contributed by atoms with Crippen LogP contribution in [0, 0.1) is 13.8 Å². The molecule has 0 radical (unpaired) electrons. The van der Waals surface area contributed by atoms with Crippen molar-refractivity contribution in [3.05, 3.63) is 28.3 Å². The zero-order chi connectivity index (χ0) is 17.3. The predicted molar refractivity (Wildman–Crippen MR) is 96.1 cm³/mol. The lowest BCUT2D eigenvalue weighted by Crippen LogP contribution is -2.42. The quantitative estimate of drug-likeness (QED) is 0.788. The van der Waals surface area contributed by atoms with E-state index in [-0.39, 0.29) is 17.1 Å². The number of anilines is 2. The van der Waals surface area contributed by atoms with Gasteiger partial charge in [-0.15, -0.1) is 10.2 Å². The van der Waals surface area contributed by atoms with Crippen molar-refractivity contribution < 1.29 is 9.59 Å². The Hall–Kier alpha value is -1.64. The first-order valence-corrected chi connectivity index (χ1v) is 9.37. The van der Waals surface area contributed by atoms with Crippen LogP contribution in [0.5, 0.6) is 0 Å². The zero-order valence-corrected chi connectivity index (χ0v) is 15.4. The molecule has 0 bridgehead atoms. The Bertz CT molecular complexity index is 786. The highest BCUT2D eigenvalue weighted by atomic mass is 35.5. The van der Waals surface area contributed by atoms with Crippen molar-refractivity contribution in [2.24, 2.45) is 0 Å². The minimum absolute atomic E-state index is 0.221. The van der Waals surface area contributed by atoms with E-state index >= 15 is 0 Å². The summed E-state index contributed by atoms with van der Waals surface area (Å²) in [5.74, 6) is -0.487. The van der Waals surface area contributed by atoms with E-state index in [1.54, 1.807) is 0 Å². The van der Waals surface area contributed by atoms with Crippen LogP contribution in [0.25, 0.3) is 0 Å². The molecule has 126 valence electrons. The van der Waals surface area contributed by atoms with Crippen molar-refractivity contribution in [1.29, 1.82) is 0 Å². The van der Waals surface area contributed by atoms with Gasteiger partial charge in [-0.3, -0.25) is 14.9 Å². The van der Waals surface area contributed by atoms with Crippen LogP contribution in [0.15, 0.2) is 16.5 Å². The maximum Gasteiger partial charge on any atom is 0.240 e. The number of aromatic nitrogens is 2. The van der Waals surface area contributed by atoms with Crippen molar-refractivity contribution >= 4 is 57.3 Å². The Morgan fingerprint density at radius 2 is 2.12 bits per heavy atom. The van der Waals surface area contributed by atoms with Crippen molar-refractivity contribution in [2.45, 2.75) is 36.3 Å². The number of amides is 2. The minimum atomic E-state index is -0.312. The van der Waals surface area contributed by atoms with E-state index in [1.807, 2.05) is 26.0 Å². The summed E-state index contributed by atoms with van der Waals surface area (Å²) in [4.78, 5) is 23.0. The number of hydrogen-bond acceptors (Lipinski definition) is 7. The van der Waals surface area contributed by atoms with Gasteiger partial charge in [0.15, 0.2) is 4.34 Å². The fourth-order valence-corrected chi connectivity index (χ4v) is 4.76. The van der Waals surface area contributed by atoms with Crippen LogP contribution in [0.2, 0.25) is 5.02 Å². The topological polar surface area (TPSA) is 84.0 Å². The molecule has 2 aromatic rings. The average molecular weight is 383 g/mol. The maximum absolute atomic E-state index is 11.8. The highest BCUT2D eigenvalue weighted by Gasteiger charge is 2.28. The van der Waals surface area contributed by atoms with Crippen LogP contribution in [0.3, 0.4) is 0 Å². The van der Waals surface area contributed by atoms with Gasteiger partial charge in [0.2, 0.25) is 16.9 Å². The number of nitrogens with one attached hydrogen (secondary N) is 2. The van der Waals surface area contributed by atoms with Crippen LogP contribution >= 0.6 is 34.7 Å². The number of benzene rings is 1. The van der Waals surface area contributed by atoms with Crippen LogP contribution in [-0.4, -0.2) is 27.3 Å². The first-order valence-electron chi connectivity index (χ1n) is 7.30. The zero-order valence-electron chi connectivity index (χ0n) is 13.1. The molecule has 3 rings (SSSR count). The van der Waals surface area contributed by atoms with Crippen LogP contribution < -0.4 is 10.6 Å². The minimum Gasteiger partial charge on any atom is -0.329 e. The lowest BCUT2D eigenvalue weighted by atomic mass is 10.1. The SMILES string of the molecule is Cc1cc(C)c(Nc2nnc(SC3CCC(=O)NC3=O)s2)c(Cl)c1. The van der Waals surface area contributed by atoms with E-state index in [9.17, 15) is 9.59 Å². The second-order valence-corrected chi connectivity index (χ2v) is 8.33. The molecule has 2 heterocycles. The highest BCUT2D eigenvalue weighted by molar-refractivity contribution is 8.02. The first-order chi connectivity index (χ1) is 11.4. The van der Waals surface area contributed by atoms with Crippen LogP contribution in [0.1, 0.15) is 24.0 Å². The van der Waals surface area contributed by atoms with Gasteiger partial charge < -0.3 is 5.32 Å². The number of piperidine rings is 1. The van der Waals surface area contributed by atoms with Gasteiger partial charge in [-0.25, -0.2) is 0 Å². The van der Waals surface area contributed by atoms with E-state index in [0.717, 1.165) is 16.8 Å². The molecule has 2 amide bonds. The molecule has 1 saturated heterocycles. The van der Waals surface area contributed by atoms with Crippen molar-refractivity contribution in [2.75, 3.05) is 5.32 Å². The lowest BCUT2D eigenvalue weighted by molar-refractivity contribution is -0.132. The Labute approximate surface area is 152 Å². The summed E-state index contributed by atoms with van der Waals surface area (Å²) in [5, 5.41) is 14.7. The van der Waals surface area contributed by atoms with Gasteiger partial charge in [-0.05, 0) is 37.5 Å². The fraction of sp³-hybridized carbons (Fsp3) is 0.333. The van der Waals surface area contributed by atoms with Crippen molar-refractivity contribution in [1.82, 2.24) is 15.5 Å². The summed E-state index contributed by atoms with van der Waals surface area (Å²) in [6.45, 7) is 3.96. The van der Waals surface area contributed by atoms with Crippen LogP contribution in [0.4, 0.5) is 10.8 Å². The molecule has 1 aromatic carbocycles. The monoisotopic (exact) mass is 382 g/mol. The second-order valence-electron chi connectivity index (χ2n) is 5.49. The maximum atomic E-state index is 11.8. The normalized spacial score (nSPS) is 17.7. The molecule has 1 atom stereocenters.